The van der Waals surface area contributed by atoms with Crippen LogP contribution in [0.15, 0.2) is 24.5 Å². The first-order valence-corrected chi connectivity index (χ1v) is 4.21. The van der Waals surface area contributed by atoms with Crippen molar-refractivity contribution in [3.63, 3.8) is 0 Å². The van der Waals surface area contributed by atoms with Crippen LogP contribution < -0.4 is 11.1 Å². The second kappa shape index (κ2) is 2.84. The molecule has 3 nitrogen and oxygen atoms in total. The van der Waals surface area contributed by atoms with Crippen molar-refractivity contribution in [2.45, 2.75) is 12.0 Å². The predicted molar refractivity (Wildman–Crippen MR) is 47.6 cm³/mol. The van der Waals surface area contributed by atoms with Crippen LogP contribution in [0, 0.1) is 0 Å². The predicted octanol–water partition coefficient (Wildman–Crippen LogP) is 0.229. The highest BCUT2D eigenvalue weighted by Crippen LogP contribution is 2.23. The van der Waals surface area contributed by atoms with Gasteiger partial charge in [-0.2, -0.15) is 0 Å². The zero-order valence-electron chi connectivity index (χ0n) is 6.96. The van der Waals surface area contributed by atoms with E-state index in [-0.39, 0.29) is 5.54 Å². The maximum atomic E-state index is 6.19. The van der Waals surface area contributed by atoms with Crippen molar-refractivity contribution in [1.29, 1.82) is 0 Å². The van der Waals surface area contributed by atoms with Crippen LogP contribution in [0.5, 0.6) is 0 Å². The Kier molecular flexibility index (Phi) is 1.83. The molecule has 0 bridgehead atoms. The quantitative estimate of drug-likeness (QED) is 0.623. The van der Waals surface area contributed by atoms with Crippen LogP contribution >= 0.6 is 0 Å². The van der Waals surface area contributed by atoms with Crippen molar-refractivity contribution in [3.8, 4) is 0 Å². The number of hydrogen-bond donors (Lipinski definition) is 2. The molecule has 1 saturated heterocycles. The lowest BCUT2D eigenvalue weighted by atomic mass is 9.91. The second-order valence-electron chi connectivity index (χ2n) is 3.32. The van der Waals surface area contributed by atoms with E-state index in [0.29, 0.717) is 0 Å². The van der Waals surface area contributed by atoms with Crippen molar-refractivity contribution in [2.24, 2.45) is 5.73 Å². The molecule has 1 unspecified atom stereocenters. The maximum Gasteiger partial charge on any atom is 0.0549 e. The molecule has 3 heteroatoms. The summed E-state index contributed by atoms with van der Waals surface area (Å²) in [6.07, 6.45) is 4.60. The number of rotatable bonds is 1. The van der Waals surface area contributed by atoms with E-state index in [4.69, 9.17) is 5.73 Å². The molecular weight excluding hydrogens is 150 g/mol. The van der Waals surface area contributed by atoms with E-state index < -0.39 is 0 Å². The Morgan fingerprint density at radius 3 is 2.75 bits per heavy atom. The SMILES string of the molecule is NC1(c2ccncc2)CCNC1. The van der Waals surface area contributed by atoms with Crippen LogP contribution in [0.2, 0.25) is 0 Å². The van der Waals surface area contributed by atoms with E-state index in [0.717, 1.165) is 19.5 Å². The number of pyridine rings is 1. The summed E-state index contributed by atoms with van der Waals surface area (Å²) in [6.45, 7) is 1.88. The van der Waals surface area contributed by atoms with E-state index in [1.807, 2.05) is 12.1 Å². The molecule has 0 radical (unpaired) electrons. The molecule has 1 aliphatic heterocycles. The molecule has 1 aliphatic rings. The van der Waals surface area contributed by atoms with Crippen LogP contribution in [-0.2, 0) is 5.54 Å². The van der Waals surface area contributed by atoms with Gasteiger partial charge in [0, 0.05) is 18.9 Å². The first kappa shape index (κ1) is 7.71. The van der Waals surface area contributed by atoms with Gasteiger partial charge in [0.25, 0.3) is 0 Å². The van der Waals surface area contributed by atoms with Gasteiger partial charge in [0.15, 0.2) is 0 Å². The summed E-state index contributed by atoms with van der Waals surface area (Å²) in [6, 6.07) is 3.99. The lowest BCUT2D eigenvalue weighted by Gasteiger charge is -2.22. The van der Waals surface area contributed by atoms with Crippen molar-refractivity contribution in [3.05, 3.63) is 30.1 Å². The molecule has 3 N–H and O–H groups in total. The minimum Gasteiger partial charge on any atom is -0.320 e. The topological polar surface area (TPSA) is 50.9 Å². The third kappa shape index (κ3) is 1.21. The van der Waals surface area contributed by atoms with Gasteiger partial charge in [-0.1, -0.05) is 0 Å². The van der Waals surface area contributed by atoms with Gasteiger partial charge in [0.05, 0.1) is 5.54 Å². The summed E-state index contributed by atoms with van der Waals surface area (Å²) < 4.78 is 0. The Balaban J connectivity index is 2.29. The minimum absolute atomic E-state index is 0.164. The van der Waals surface area contributed by atoms with Crippen molar-refractivity contribution < 1.29 is 0 Å². The highest BCUT2D eigenvalue weighted by molar-refractivity contribution is 5.23. The average Bonchev–Trinajstić information content (AvgIpc) is 2.55. The number of hydrogen-bond acceptors (Lipinski definition) is 3. The van der Waals surface area contributed by atoms with Crippen molar-refractivity contribution in [1.82, 2.24) is 10.3 Å². The van der Waals surface area contributed by atoms with E-state index in [1.165, 1.54) is 5.56 Å². The van der Waals surface area contributed by atoms with Crippen LogP contribution in [0.3, 0.4) is 0 Å². The van der Waals surface area contributed by atoms with Gasteiger partial charge in [-0.15, -0.1) is 0 Å². The summed E-state index contributed by atoms with van der Waals surface area (Å²) in [4.78, 5) is 3.97. The first-order valence-electron chi connectivity index (χ1n) is 4.21. The first-order chi connectivity index (χ1) is 5.81. The summed E-state index contributed by atoms with van der Waals surface area (Å²) in [5.74, 6) is 0. The fourth-order valence-corrected chi connectivity index (χ4v) is 1.64. The zero-order valence-corrected chi connectivity index (χ0v) is 6.96. The largest absolute Gasteiger partial charge is 0.320 e. The van der Waals surface area contributed by atoms with E-state index in [9.17, 15) is 0 Å². The smallest absolute Gasteiger partial charge is 0.0549 e. The monoisotopic (exact) mass is 163 g/mol. The van der Waals surface area contributed by atoms with Gasteiger partial charge < -0.3 is 11.1 Å². The van der Waals surface area contributed by atoms with Crippen molar-refractivity contribution >= 4 is 0 Å². The zero-order chi connectivity index (χ0) is 8.44. The molecule has 1 aromatic rings. The van der Waals surface area contributed by atoms with Gasteiger partial charge in [0.2, 0.25) is 0 Å². The fourth-order valence-electron chi connectivity index (χ4n) is 1.64. The molecule has 2 heterocycles. The molecule has 2 rings (SSSR count). The van der Waals surface area contributed by atoms with Crippen molar-refractivity contribution in [2.75, 3.05) is 13.1 Å². The third-order valence-corrected chi connectivity index (χ3v) is 2.44. The average molecular weight is 163 g/mol. The van der Waals surface area contributed by atoms with E-state index in [1.54, 1.807) is 12.4 Å². The number of nitrogens with two attached hydrogens (primary N) is 1. The minimum atomic E-state index is -0.164. The van der Waals surface area contributed by atoms with Gasteiger partial charge in [0.1, 0.15) is 0 Å². The molecule has 0 aromatic carbocycles. The fraction of sp³-hybridized carbons (Fsp3) is 0.444. The summed E-state index contributed by atoms with van der Waals surface area (Å²) in [5.41, 5.74) is 7.21. The van der Waals surface area contributed by atoms with Gasteiger partial charge in [-0.05, 0) is 30.7 Å². The normalized spacial score (nSPS) is 29.1. The Morgan fingerprint density at radius 1 is 1.42 bits per heavy atom. The summed E-state index contributed by atoms with van der Waals surface area (Å²) in [7, 11) is 0. The molecule has 0 spiro atoms. The lowest BCUT2D eigenvalue weighted by Crippen LogP contribution is -2.38. The Morgan fingerprint density at radius 2 is 2.17 bits per heavy atom. The highest BCUT2D eigenvalue weighted by Gasteiger charge is 2.30. The van der Waals surface area contributed by atoms with Gasteiger partial charge in [-0.3, -0.25) is 4.98 Å². The Labute approximate surface area is 72.0 Å². The van der Waals surface area contributed by atoms with Crippen LogP contribution in [0.1, 0.15) is 12.0 Å². The number of aromatic nitrogens is 1. The maximum absolute atomic E-state index is 6.19. The number of nitrogens with one attached hydrogen (secondary N) is 1. The van der Waals surface area contributed by atoms with Gasteiger partial charge in [-0.25, -0.2) is 0 Å². The van der Waals surface area contributed by atoms with Crippen LogP contribution in [-0.4, -0.2) is 18.1 Å². The Bertz CT molecular complexity index is 252. The highest BCUT2D eigenvalue weighted by atomic mass is 15.0. The summed E-state index contributed by atoms with van der Waals surface area (Å²) in [5, 5.41) is 3.27. The molecule has 12 heavy (non-hydrogen) atoms. The molecule has 1 aromatic heterocycles. The molecule has 64 valence electrons. The Hall–Kier alpha value is -0.930. The molecule has 1 atom stereocenters. The lowest BCUT2D eigenvalue weighted by molar-refractivity contribution is 0.493. The number of nitrogens with zero attached hydrogens (tertiary/aromatic N) is 1. The van der Waals surface area contributed by atoms with E-state index >= 15 is 0 Å². The van der Waals surface area contributed by atoms with Crippen LogP contribution in [0.25, 0.3) is 0 Å². The summed E-state index contributed by atoms with van der Waals surface area (Å²) >= 11 is 0. The molecule has 1 fully saturated rings. The van der Waals surface area contributed by atoms with Crippen LogP contribution in [0.4, 0.5) is 0 Å². The molecule has 0 amide bonds. The molecule has 0 aliphatic carbocycles. The molecular formula is C9H13N3. The second-order valence-corrected chi connectivity index (χ2v) is 3.32. The standard InChI is InChI=1S/C9H13N3/c10-9(3-6-12-7-9)8-1-4-11-5-2-8/h1-2,4-5,12H,3,6-7,10H2. The third-order valence-electron chi connectivity index (χ3n) is 2.44. The van der Waals surface area contributed by atoms with Gasteiger partial charge >= 0.3 is 0 Å². The van der Waals surface area contributed by atoms with E-state index in [2.05, 4.69) is 10.3 Å². The molecule has 0 saturated carbocycles.